The van der Waals surface area contributed by atoms with Crippen molar-refractivity contribution in [3.05, 3.63) is 33.9 Å². The molecule has 15 heavy (non-hydrogen) atoms. The van der Waals surface area contributed by atoms with Gasteiger partial charge in [0.25, 0.3) is 5.69 Å². The number of carbonyl (C=O) groups is 1. The van der Waals surface area contributed by atoms with Gasteiger partial charge >= 0.3 is 0 Å². The molecule has 0 aliphatic heterocycles. The third-order valence-electron chi connectivity index (χ3n) is 1.84. The van der Waals surface area contributed by atoms with Crippen molar-refractivity contribution < 1.29 is 9.72 Å². The van der Waals surface area contributed by atoms with Gasteiger partial charge in [-0.05, 0) is 11.6 Å². The van der Waals surface area contributed by atoms with Crippen LogP contribution in [0, 0.1) is 10.1 Å². The van der Waals surface area contributed by atoms with E-state index in [2.05, 4.69) is 0 Å². The topological polar surface area (TPSA) is 86.2 Å². The smallest absolute Gasteiger partial charge is 0.292 e. The molecule has 6 heteroatoms. The van der Waals surface area contributed by atoms with Gasteiger partial charge in [0.1, 0.15) is 5.69 Å². The third kappa shape index (κ3) is 2.92. The van der Waals surface area contributed by atoms with Crippen LogP contribution in [0.15, 0.2) is 18.2 Å². The van der Waals surface area contributed by atoms with Gasteiger partial charge in [-0.3, -0.25) is 14.9 Å². The number of nitro groups is 1. The lowest BCUT2D eigenvalue weighted by molar-refractivity contribution is -0.383. The van der Waals surface area contributed by atoms with Crippen molar-refractivity contribution in [1.82, 2.24) is 0 Å². The third-order valence-corrected chi connectivity index (χ3v) is 2.14. The van der Waals surface area contributed by atoms with Crippen LogP contribution >= 0.6 is 11.6 Å². The summed E-state index contributed by atoms with van der Waals surface area (Å²) in [5.41, 5.74) is 5.98. The molecule has 0 unspecified atom stereocenters. The molecule has 0 radical (unpaired) electrons. The molecule has 1 aromatic rings. The number of hydrogen-bond donors (Lipinski definition) is 1. The van der Waals surface area contributed by atoms with Crippen LogP contribution in [-0.2, 0) is 11.2 Å². The number of Topliss-reactive ketones (excluding diaryl/α,β-unsaturated/α-hetero) is 1. The highest BCUT2D eigenvalue weighted by molar-refractivity contribution is 6.27. The molecule has 2 N–H and O–H groups in total. The summed E-state index contributed by atoms with van der Waals surface area (Å²) in [6.07, 6.45) is 0.145. The van der Waals surface area contributed by atoms with Gasteiger partial charge in [0.05, 0.1) is 10.8 Å². The Morgan fingerprint density at radius 3 is 2.67 bits per heavy atom. The first-order valence-corrected chi connectivity index (χ1v) is 4.68. The molecule has 0 amide bonds. The number of nitro benzene ring substituents is 1. The SMILES string of the molecule is Nc1cc(CC(=O)CCl)ccc1[N+](=O)[O-]. The van der Waals surface area contributed by atoms with Gasteiger partial charge in [-0.2, -0.15) is 0 Å². The van der Waals surface area contributed by atoms with Crippen molar-refractivity contribution in [1.29, 1.82) is 0 Å². The van der Waals surface area contributed by atoms with Crippen LogP contribution < -0.4 is 5.73 Å². The molecule has 0 atom stereocenters. The van der Waals surface area contributed by atoms with Gasteiger partial charge in [0, 0.05) is 12.5 Å². The fourth-order valence-corrected chi connectivity index (χ4v) is 1.25. The zero-order valence-corrected chi connectivity index (χ0v) is 8.53. The number of halogens is 1. The van der Waals surface area contributed by atoms with Crippen LogP contribution in [0.2, 0.25) is 0 Å². The maximum Gasteiger partial charge on any atom is 0.292 e. The minimum Gasteiger partial charge on any atom is -0.393 e. The number of carbonyl (C=O) groups excluding carboxylic acids is 1. The molecule has 5 nitrogen and oxygen atoms in total. The lowest BCUT2D eigenvalue weighted by Crippen LogP contribution is -2.05. The normalized spacial score (nSPS) is 9.93. The fraction of sp³-hybridized carbons (Fsp3) is 0.222. The first-order chi connectivity index (χ1) is 7.04. The Balaban J connectivity index is 2.91. The highest BCUT2D eigenvalue weighted by Crippen LogP contribution is 2.22. The Hall–Kier alpha value is -1.62. The summed E-state index contributed by atoms with van der Waals surface area (Å²) in [4.78, 5) is 20.9. The van der Waals surface area contributed by atoms with E-state index < -0.39 is 4.92 Å². The van der Waals surface area contributed by atoms with Gasteiger partial charge < -0.3 is 5.73 Å². The first-order valence-electron chi connectivity index (χ1n) is 4.15. The fourth-order valence-electron chi connectivity index (χ4n) is 1.16. The Labute approximate surface area is 91.0 Å². The van der Waals surface area contributed by atoms with Crippen molar-refractivity contribution in [3.8, 4) is 0 Å². The molecule has 1 rings (SSSR count). The van der Waals surface area contributed by atoms with E-state index in [-0.39, 0.29) is 29.5 Å². The molecule has 0 saturated heterocycles. The number of nitrogen functional groups attached to an aromatic ring is 1. The van der Waals surface area contributed by atoms with Crippen LogP contribution in [0.3, 0.4) is 0 Å². The lowest BCUT2D eigenvalue weighted by Gasteiger charge is -2.01. The number of nitrogens with zero attached hydrogens (tertiary/aromatic N) is 1. The number of benzene rings is 1. The van der Waals surface area contributed by atoms with Crippen molar-refractivity contribution in [2.24, 2.45) is 0 Å². The summed E-state index contributed by atoms with van der Waals surface area (Å²) in [6.45, 7) is 0. The number of ketones is 1. The summed E-state index contributed by atoms with van der Waals surface area (Å²) in [6, 6.07) is 4.20. The average molecular weight is 229 g/mol. The second kappa shape index (κ2) is 4.75. The zero-order valence-electron chi connectivity index (χ0n) is 7.77. The summed E-state index contributed by atoms with van der Waals surface area (Å²) < 4.78 is 0. The first kappa shape index (κ1) is 11.5. The predicted octanol–water partition coefficient (Wildman–Crippen LogP) is 1.53. The predicted molar refractivity (Wildman–Crippen MR) is 56.9 cm³/mol. The van der Waals surface area contributed by atoms with Gasteiger partial charge in [0.15, 0.2) is 5.78 Å². The van der Waals surface area contributed by atoms with E-state index in [4.69, 9.17) is 17.3 Å². The standard InChI is InChI=1S/C9H9ClN2O3/c10-5-7(13)3-6-1-2-9(12(14)15)8(11)4-6/h1-2,4H,3,5,11H2. The molecule has 1 aromatic carbocycles. The van der Waals surface area contributed by atoms with E-state index in [1.54, 1.807) is 0 Å². The minimum absolute atomic E-state index is 0.0554. The van der Waals surface area contributed by atoms with Gasteiger partial charge in [-0.15, -0.1) is 11.6 Å². The molecular formula is C9H9ClN2O3. The van der Waals surface area contributed by atoms with Crippen molar-refractivity contribution in [3.63, 3.8) is 0 Å². The summed E-state index contributed by atoms with van der Waals surface area (Å²) in [7, 11) is 0. The van der Waals surface area contributed by atoms with Gasteiger partial charge in [-0.1, -0.05) is 6.07 Å². The number of anilines is 1. The van der Waals surface area contributed by atoms with Crippen molar-refractivity contribution >= 4 is 28.8 Å². The Kier molecular flexibility index (Phi) is 3.62. The average Bonchev–Trinajstić information content (AvgIpc) is 2.17. The number of alkyl halides is 1. The Bertz CT molecular complexity index is 406. The van der Waals surface area contributed by atoms with Crippen LogP contribution in [0.4, 0.5) is 11.4 Å². The molecule has 0 aliphatic rings. The largest absolute Gasteiger partial charge is 0.393 e. The Morgan fingerprint density at radius 2 is 2.20 bits per heavy atom. The quantitative estimate of drug-likeness (QED) is 0.366. The van der Waals surface area contributed by atoms with Crippen LogP contribution in [0.5, 0.6) is 0 Å². The lowest BCUT2D eigenvalue weighted by atomic mass is 10.1. The van der Waals surface area contributed by atoms with Crippen molar-refractivity contribution in [2.75, 3.05) is 11.6 Å². The van der Waals surface area contributed by atoms with Gasteiger partial charge in [-0.25, -0.2) is 0 Å². The minimum atomic E-state index is -0.567. The molecule has 80 valence electrons. The Morgan fingerprint density at radius 1 is 1.53 bits per heavy atom. The molecular weight excluding hydrogens is 220 g/mol. The maximum atomic E-state index is 11.0. The highest BCUT2D eigenvalue weighted by atomic mass is 35.5. The zero-order chi connectivity index (χ0) is 11.4. The highest BCUT2D eigenvalue weighted by Gasteiger charge is 2.12. The molecule has 0 bridgehead atoms. The van der Waals surface area contributed by atoms with Crippen LogP contribution in [0.1, 0.15) is 5.56 Å². The van der Waals surface area contributed by atoms with E-state index in [1.165, 1.54) is 18.2 Å². The molecule has 0 spiro atoms. The van der Waals surface area contributed by atoms with Gasteiger partial charge in [0.2, 0.25) is 0 Å². The summed E-state index contributed by atoms with van der Waals surface area (Å²) >= 11 is 5.33. The molecule has 0 aromatic heterocycles. The van der Waals surface area contributed by atoms with E-state index in [0.717, 1.165) is 0 Å². The number of nitrogens with two attached hydrogens (primary N) is 1. The van der Waals surface area contributed by atoms with E-state index in [9.17, 15) is 14.9 Å². The van der Waals surface area contributed by atoms with Crippen LogP contribution in [0.25, 0.3) is 0 Å². The number of hydrogen-bond acceptors (Lipinski definition) is 4. The van der Waals surface area contributed by atoms with E-state index in [0.29, 0.717) is 5.56 Å². The van der Waals surface area contributed by atoms with E-state index >= 15 is 0 Å². The maximum absolute atomic E-state index is 11.0. The summed E-state index contributed by atoms with van der Waals surface area (Å²) in [5.74, 6) is -0.221. The second-order valence-electron chi connectivity index (χ2n) is 3.00. The number of rotatable bonds is 4. The second-order valence-corrected chi connectivity index (χ2v) is 3.27. The molecule has 0 fully saturated rings. The van der Waals surface area contributed by atoms with Crippen LogP contribution in [-0.4, -0.2) is 16.6 Å². The monoisotopic (exact) mass is 228 g/mol. The van der Waals surface area contributed by atoms with Crippen molar-refractivity contribution in [2.45, 2.75) is 6.42 Å². The molecule has 0 aliphatic carbocycles. The molecule has 0 saturated carbocycles. The molecule has 0 heterocycles. The summed E-state index contributed by atoms with van der Waals surface area (Å²) in [5, 5.41) is 10.4. The van der Waals surface area contributed by atoms with E-state index in [1.807, 2.05) is 0 Å².